The zero-order valence-electron chi connectivity index (χ0n) is 22.8. The molecule has 0 rings (SSSR count). The molecule has 0 N–H and O–H groups in total. The molecule has 0 spiro atoms. The fraction of sp³-hybridized carbons (Fsp3) is 0.929. The minimum absolute atomic E-state index is 0.0547. The fourth-order valence-corrected chi connectivity index (χ4v) is 3.98. The lowest BCUT2D eigenvalue weighted by molar-refractivity contribution is -0.144. The lowest BCUT2D eigenvalue weighted by Crippen LogP contribution is -2.34. The molecule has 0 aromatic rings. The number of rotatable bonds is 26. The van der Waals surface area contributed by atoms with Crippen molar-refractivity contribution in [1.29, 1.82) is 0 Å². The van der Waals surface area contributed by atoms with Crippen LogP contribution in [-0.2, 0) is 23.8 Å². The third-order valence-electron chi connectivity index (χ3n) is 6.23. The van der Waals surface area contributed by atoms with Gasteiger partial charge in [-0.05, 0) is 6.42 Å². The molecule has 34 heavy (non-hydrogen) atoms. The largest absolute Gasteiger partial charge is 0.466 e. The Bertz CT molecular complexity index is 458. The summed E-state index contributed by atoms with van der Waals surface area (Å²) in [6.45, 7) is 6.60. The van der Waals surface area contributed by atoms with E-state index in [0.29, 0.717) is 39.5 Å². The van der Waals surface area contributed by atoms with Crippen LogP contribution in [0.4, 0.5) is 0 Å². The maximum atomic E-state index is 11.9. The van der Waals surface area contributed by atoms with Gasteiger partial charge in [0.2, 0.25) is 5.91 Å². The van der Waals surface area contributed by atoms with Gasteiger partial charge in [0, 0.05) is 27.1 Å². The van der Waals surface area contributed by atoms with Gasteiger partial charge in [-0.15, -0.1) is 0 Å². The number of methoxy groups -OCH3 is 1. The van der Waals surface area contributed by atoms with Gasteiger partial charge < -0.3 is 19.1 Å². The molecule has 0 saturated heterocycles. The number of carbonyl (C=O) groups excluding carboxylic acids is 2. The summed E-state index contributed by atoms with van der Waals surface area (Å²) in [4.78, 5) is 25.3. The van der Waals surface area contributed by atoms with Crippen molar-refractivity contribution in [3.63, 3.8) is 0 Å². The molecule has 0 unspecified atom stereocenters. The Labute approximate surface area is 210 Å². The van der Waals surface area contributed by atoms with Gasteiger partial charge in [-0.1, -0.05) is 103 Å². The average molecular weight is 486 g/mol. The SMILES string of the molecule is CCCCCCCCCCCCCCCCCCOC(=O)CCN(CCOCCOC)C(C)=O. The Kier molecular flexibility index (Phi) is 25.6. The van der Waals surface area contributed by atoms with Gasteiger partial charge in [0.25, 0.3) is 0 Å². The van der Waals surface area contributed by atoms with Gasteiger partial charge in [-0.3, -0.25) is 9.59 Å². The summed E-state index contributed by atoms with van der Waals surface area (Å²) in [5.74, 6) is -0.284. The lowest BCUT2D eigenvalue weighted by atomic mass is 10.0. The van der Waals surface area contributed by atoms with E-state index in [1.54, 1.807) is 12.0 Å². The fourth-order valence-electron chi connectivity index (χ4n) is 3.98. The summed E-state index contributed by atoms with van der Waals surface area (Å²) in [5.41, 5.74) is 0. The molecule has 0 aromatic heterocycles. The van der Waals surface area contributed by atoms with E-state index in [1.807, 2.05) is 0 Å². The number of amides is 1. The number of unbranched alkanes of at least 4 members (excludes halogenated alkanes) is 15. The third kappa shape index (κ3) is 24.0. The van der Waals surface area contributed by atoms with Gasteiger partial charge in [0.1, 0.15) is 0 Å². The highest BCUT2D eigenvalue weighted by atomic mass is 16.5. The number of hydrogen-bond acceptors (Lipinski definition) is 5. The van der Waals surface area contributed by atoms with Gasteiger partial charge >= 0.3 is 5.97 Å². The molecule has 6 nitrogen and oxygen atoms in total. The number of carbonyl (C=O) groups is 2. The number of esters is 1. The summed E-state index contributed by atoms with van der Waals surface area (Å²) in [6.07, 6.45) is 21.5. The van der Waals surface area contributed by atoms with Gasteiger partial charge in [-0.25, -0.2) is 0 Å². The Morgan fingerprint density at radius 3 is 1.59 bits per heavy atom. The van der Waals surface area contributed by atoms with Crippen LogP contribution in [0.2, 0.25) is 0 Å². The summed E-state index contributed by atoms with van der Waals surface area (Å²) in [5, 5.41) is 0. The summed E-state index contributed by atoms with van der Waals surface area (Å²) in [6, 6.07) is 0. The first kappa shape index (κ1) is 32.9. The van der Waals surface area contributed by atoms with E-state index in [4.69, 9.17) is 14.2 Å². The second-order valence-corrected chi connectivity index (χ2v) is 9.39. The highest BCUT2D eigenvalue weighted by Crippen LogP contribution is 2.13. The Morgan fingerprint density at radius 1 is 0.618 bits per heavy atom. The van der Waals surface area contributed by atoms with Crippen molar-refractivity contribution in [1.82, 2.24) is 4.90 Å². The van der Waals surface area contributed by atoms with Crippen LogP contribution >= 0.6 is 0 Å². The molecule has 0 aliphatic heterocycles. The quantitative estimate of drug-likeness (QED) is 0.101. The van der Waals surface area contributed by atoms with Crippen molar-refractivity contribution in [2.45, 2.75) is 123 Å². The van der Waals surface area contributed by atoms with Crippen molar-refractivity contribution in [2.75, 3.05) is 46.6 Å². The van der Waals surface area contributed by atoms with Crippen molar-refractivity contribution < 1.29 is 23.8 Å². The molecule has 0 fully saturated rings. The Balaban J connectivity index is 3.42. The molecule has 1 amide bonds. The van der Waals surface area contributed by atoms with E-state index in [1.165, 1.54) is 96.8 Å². The first-order valence-electron chi connectivity index (χ1n) is 14.1. The maximum absolute atomic E-state index is 11.9. The standard InChI is InChI=1S/C28H55NO5/c1-4-5-6-7-8-9-10-11-12-13-14-15-16-17-18-19-23-34-28(31)20-21-29(27(2)30)22-24-33-26-25-32-3/h4-26H2,1-3H3. The van der Waals surface area contributed by atoms with Crippen molar-refractivity contribution in [3.8, 4) is 0 Å². The minimum Gasteiger partial charge on any atom is -0.466 e. The smallest absolute Gasteiger partial charge is 0.307 e. The molecule has 0 radical (unpaired) electrons. The summed E-state index contributed by atoms with van der Waals surface area (Å²) in [7, 11) is 1.62. The van der Waals surface area contributed by atoms with Crippen LogP contribution in [0.3, 0.4) is 0 Å². The van der Waals surface area contributed by atoms with Crippen LogP contribution in [0.1, 0.15) is 123 Å². The van der Waals surface area contributed by atoms with Crippen LogP contribution in [0.5, 0.6) is 0 Å². The molecule has 0 aliphatic carbocycles. The lowest BCUT2D eigenvalue weighted by Gasteiger charge is -2.20. The Hall–Kier alpha value is -1.14. The highest BCUT2D eigenvalue weighted by molar-refractivity contribution is 5.75. The van der Waals surface area contributed by atoms with Crippen molar-refractivity contribution in [2.24, 2.45) is 0 Å². The summed E-state index contributed by atoms with van der Waals surface area (Å²) >= 11 is 0. The first-order valence-corrected chi connectivity index (χ1v) is 14.1. The molecule has 0 heterocycles. The molecule has 0 bridgehead atoms. The van der Waals surface area contributed by atoms with Crippen LogP contribution < -0.4 is 0 Å². The molecule has 0 aliphatic rings. The predicted molar refractivity (Wildman–Crippen MR) is 140 cm³/mol. The zero-order chi connectivity index (χ0) is 25.1. The van der Waals surface area contributed by atoms with E-state index in [9.17, 15) is 9.59 Å². The van der Waals surface area contributed by atoms with Crippen molar-refractivity contribution >= 4 is 11.9 Å². The van der Waals surface area contributed by atoms with Crippen LogP contribution in [0.15, 0.2) is 0 Å². The second kappa shape index (κ2) is 26.5. The van der Waals surface area contributed by atoms with E-state index < -0.39 is 0 Å². The zero-order valence-corrected chi connectivity index (χ0v) is 22.8. The molecular formula is C28H55NO5. The molecule has 0 atom stereocenters. The summed E-state index contributed by atoms with van der Waals surface area (Å²) < 4.78 is 15.6. The Morgan fingerprint density at radius 2 is 1.12 bits per heavy atom. The first-order chi connectivity index (χ1) is 16.6. The minimum atomic E-state index is -0.229. The molecule has 0 aromatic carbocycles. The average Bonchev–Trinajstić information content (AvgIpc) is 2.82. The monoisotopic (exact) mass is 485 g/mol. The highest BCUT2D eigenvalue weighted by Gasteiger charge is 2.11. The van der Waals surface area contributed by atoms with E-state index in [0.717, 1.165) is 12.8 Å². The van der Waals surface area contributed by atoms with E-state index in [-0.39, 0.29) is 18.3 Å². The maximum Gasteiger partial charge on any atom is 0.307 e. The van der Waals surface area contributed by atoms with Gasteiger partial charge in [0.05, 0.1) is 32.8 Å². The predicted octanol–water partition coefficient (Wildman–Crippen LogP) is 6.69. The molecule has 6 heteroatoms. The number of nitrogens with zero attached hydrogens (tertiary/aromatic N) is 1. The van der Waals surface area contributed by atoms with Crippen LogP contribution in [-0.4, -0.2) is 63.4 Å². The number of ether oxygens (including phenoxy) is 3. The normalized spacial score (nSPS) is 11.0. The van der Waals surface area contributed by atoms with E-state index >= 15 is 0 Å². The third-order valence-corrected chi connectivity index (χ3v) is 6.23. The second-order valence-electron chi connectivity index (χ2n) is 9.39. The number of hydrogen-bond donors (Lipinski definition) is 0. The van der Waals surface area contributed by atoms with E-state index in [2.05, 4.69) is 6.92 Å². The van der Waals surface area contributed by atoms with Gasteiger partial charge in [-0.2, -0.15) is 0 Å². The topological polar surface area (TPSA) is 65.1 Å². The molecule has 202 valence electrons. The molecular weight excluding hydrogens is 430 g/mol. The molecule has 0 saturated carbocycles. The van der Waals surface area contributed by atoms with Gasteiger partial charge in [0.15, 0.2) is 0 Å². The van der Waals surface area contributed by atoms with Crippen LogP contribution in [0.25, 0.3) is 0 Å². The van der Waals surface area contributed by atoms with Crippen molar-refractivity contribution in [3.05, 3.63) is 0 Å². The van der Waals surface area contributed by atoms with Crippen LogP contribution in [0, 0.1) is 0 Å².